The third-order valence-electron chi connectivity index (χ3n) is 2.76. The minimum atomic E-state index is -3.00. The number of hydrogen-bond acceptors (Lipinski definition) is 3. The molecule has 0 aliphatic heterocycles. The zero-order valence-electron chi connectivity index (χ0n) is 13.3. The molecule has 1 amide bonds. The molecule has 0 rings (SSSR count). The van der Waals surface area contributed by atoms with Gasteiger partial charge >= 0.3 is 6.09 Å². The van der Waals surface area contributed by atoms with E-state index in [1.807, 2.05) is 20.8 Å². The first-order chi connectivity index (χ1) is 8.97. The summed E-state index contributed by atoms with van der Waals surface area (Å²) >= 11 is 0. The first kappa shape index (κ1) is 19.1. The van der Waals surface area contributed by atoms with E-state index in [4.69, 9.17) is 4.74 Å². The SMILES string of the molecule is CCC(NCC(F)(F)CNC(=O)OC(C)(C)C)C(C)C. The second-order valence-corrected chi connectivity index (χ2v) is 6.35. The first-order valence-electron chi connectivity index (χ1n) is 7.05. The van der Waals surface area contributed by atoms with E-state index in [2.05, 4.69) is 10.6 Å². The normalized spacial score (nSPS) is 14.2. The van der Waals surface area contributed by atoms with Crippen molar-refractivity contribution in [3.8, 4) is 0 Å². The van der Waals surface area contributed by atoms with Gasteiger partial charge in [0, 0.05) is 6.04 Å². The van der Waals surface area contributed by atoms with Crippen LogP contribution in [0.1, 0.15) is 48.0 Å². The summed E-state index contributed by atoms with van der Waals surface area (Å²) in [4.78, 5) is 11.3. The Morgan fingerprint density at radius 2 is 1.75 bits per heavy atom. The average Bonchev–Trinajstić information content (AvgIpc) is 2.24. The molecule has 0 saturated carbocycles. The van der Waals surface area contributed by atoms with Crippen LogP contribution in [0.2, 0.25) is 0 Å². The largest absolute Gasteiger partial charge is 0.444 e. The molecule has 1 atom stereocenters. The van der Waals surface area contributed by atoms with Gasteiger partial charge in [0.1, 0.15) is 5.60 Å². The van der Waals surface area contributed by atoms with Gasteiger partial charge in [-0.15, -0.1) is 0 Å². The Balaban J connectivity index is 4.16. The minimum absolute atomic E-state index is 0.0439. The summed E-state index contributed by atoms with van der Waals surface area (Å²) in [5, 5.41) is 4.94. The number of alkyl carbamates (subject to hydrolysis) is 1. The Morgan fingerprint density at radius 1 is 1.20 bits per heavy atom. The van der Waals surface area contributed by atoms with Gasteiger partial charge in [0.05, 0.1) is 13.1 Å². The van der Waals surface area contributed by atoms with Gasteiger partial charge in [0.2, 0.25) is 0 Å². The molecule has 0 aliphatic rings. The molecule has 1 unspecified atom stereocenters. The van der Waals surface area contributed by atoms with Crippen LogP contribution in [0.3, 0.4) is 0 Å². The minimum Gasteiger partial charge on any atom is -0.444 e. The number of alkyl halides is 2. The summed E-state index contributed by atoms with van der Waals surface area (Å²) < 4.78 is 32.2. The second kappa shape index (κ2) is 7.76. The maximum absolute atomic E-state index is 13.6. The molecule has 0 fully saturated rings. The number of carbonyl (C=O) groups is 1. The van der Waals surface area contributed by atoms with Gasteiger partial charge in [-0.3, -0.25) is 0 Å². The summed E-state index contributed by atoms with van der Waals surface area (Å²) in [6.07, 6.45) is -0.0409. The topological polar surface area (TPSA) is 50.4 Å². The van der Waals surface area contributed by atoms with Crippen molar-refractivity contribution in [1.29, 1.82) is 0 Å². The average molecular weight is 294 g/mol. The van der Waals surface area contributed by atoms with Gasteiger partial charge in [-0.05, 0) is 33.1 Å². The van der Waals surface area contributed by atoms with Crippen LogP contribution < -0.4 is 10.6 Å². The fourth-order valence-electron chi connectivity index (χ4n) is 1.71. The van der Waals surface area contributed by atoms with E-state index in [1.165, 1.54) is 0 Å². The molecule has 0 aliphatic carbocycles. The van der Waals surface area contributed by atoms with E-state index in [1.54, 1.807) is 20.8 Å². The van der Waals surface area contributed by atoms with Gasteiger partial charge in [0.25, 0.3) is 5.92 Å². The standard InChI is InChI=1S/C14H28F2N2O2/c1-7-11(10(2)3)17-8-14(15,16)9-18-12(19)20-13(4,5)6/h10-11,17H,7-9H2,1-6H3,(H,18,19). The summed E-state index contributed by atoms with van der Waals surface area (Å²) in [6, 6.07) is 0.0439. The molecule has 0 saturated heterocycles. The van der Waals surface area contributed by atoms with E-state index in [9.17, 15) is 13.6 Å². The number of amides is 1. The number of halogens is 2. The van der Waals surface area contributed by atoms with Crippen LogP contribution in [0.25, 0.3) is 0 Å². The maximum atomic E-state index is 13.6. The Kier molecular flexibility index (Phi) is 7.41. The van der Waals surface area contributed by atoms with Crippen molar-refractivity contribution in [1.82, 2.24) is 10.6 Å². The Labute approximate surface area is 120 Å². The molecule has 120 valence electrons. The molecular weight excluding hydrogens is 266 g/mol. The molecular formula is C14H28F2N2O2. The van der Waals surface area contributed by atoms with Crippen molar-refractivity contribution in [2.24, 2.45) is 5.92 Å². The third kappa shape index (κ3) is 9.07. The van der Waals surface area contributed by atoms with Gasteiger partial charge in [-0.1, -0.05) is 20.8 Å². The molecule has 4 nitrogen and oxygen atoms in total. The smallest absolute Gasteiger partial charge is 0.407 e. The lowest BCUT2D eigenvalue weighted by Crippen LogP contribution is -2.47. The van der Waals surface area contributed by atoms with Crippen molar-refractivity contribution >= 4 is 6.09 Å². The van der Waals surface area contributed by atoms with Crippen LogP contribution in [0.15, 0.2) is 0 Å². The number of nitrogens with one attached hydrogen (secondary N) is 2. The van der Waals surface area contributed by atoms with Crippen LogP contribution in [0.5, 0.6) is 0 Å². The third-order valence-corrected chi connectivity index (χ3v) is 2.76. The maximum Gasteiger partial charge on any atom is 0.407 e. The molecule has 6 heteroatoms. The summed E-state index contributed by atoms with van der Waals surface area (Å²) in [5.74, 6) is -2.71. The lowest BCUT2D eigenvalue weighted by atomic mass is 10.0. The van der Waals surface area contributed by atoms with Crippen molar-refractivity contribution in [2.75, 3.05) is 13.1 Å². The van der Waals surface area contributed by atoms with Crippen LogP contribution in [0, 0.1) is 5.92 Å². The monoisotopic (exact) mass is 294 g/mol. The highest BCUT2D eigenvalue weighted by Crippen LogP contribution is 2.14. The molecule has 0 spiro atoms. The molecule has 0 radical (unpaired) electrons. The van der Waals surface area contributed by atoms with Crippen LogP contribution >= 0.6 is 0 Å². The molecule has 2 N–H and O–H groups in total. The Hall–Kier alpha value is -0.910. The van der Waals surface area contributed by atoms with Crippen LogP contribution in [0.4, 0.5) is 13.6 Å². The molecule has 20 heavy (non-hydrogen) atoms. The van der Waals surface area contributed by atoms with Crippen LogP contribution in [-0.4, -0.2) is 36.7 Å². The predicted molar refractivity (Wildman–Crippen MR) is 76.1 cm³/mol. The number of ether oxygens (including phenoxy) is 1. The fourth-order valence-corrected chi connectivity index (χ4v) is 1.71. The Morgan fingerprint density at radius 3 is 2.15 bits per heavy atom. The van der Waals surface area contributed by atoms with E-state index in [0.29, 0.717) is 0 Å². The van der Waals surface area contributed by atoms with E-state index < -0.39 is 30.7 Å². The van der Waals surface area contributed by atoms with Crippen LogP contribution in [-0.2, 0) is 4.74 Å². The van der Waals surface area contributed by atoms with E-state index >= 15 is 0 Å². The first-order valence-corrected chi connectivity index (χ1v) is 7.05. The number of rotatable bonds is 7. The van der Waals surface area contributed by atoms with Gasteiger partial charge in [0.15, 0.2) is 0 Å². The van der Waals surface area contributed by atoms with Crippen molar-refractivity contribution in [3.05, 3.63) is 0 Å². The van der Waals surface area contributed by atoms with E-state index in [0.717, 1.165) is 6.42 Å². The predicted octanol–water partition coefficient (Wildman–Crippen LogP) is 3.17. The van der Waals surface area contributed by atoms with E-state index in [-0.39, 0.29) is 12.0 Å². The quantitative estimate of drug-likeness (QED) is 0.758. The number of carbonyl (C=O) groups excluding carboxylic acids is 1. The highest BCUT2D eigenvalue weighted by atomic mass is 19.3. The lowest BCUT2D eigenvalue weighted by Gasteiger charge is -2.25. The molecule has 0 heterocycles. The Bertz CT molecular complexity index is 302. The highest BCUT2D eigenvalue weighted by molar-refractivity contribution is 5.67. The lowest BCUT2D eigenvalue weighted by molar-refractivity contribution is -0.00673. The molecule has 0 bridgehead atoms. The zero-order valence-corrected chi connectivity index (χ0v) is 13.3. The van der Waals surface area contributed by atoms with Crippen molar-refractivity contribution in [3.63, 3.8) is 0 Å². The van der Waals surface area contributed by atoms with Crippen molar-refractivity contribution in [2.45, 2.75) is 65.5 Å². The summed E-state index contributed by atoms with van der Waals surface area (Å²) in [6.45, 7) is 9.77. The summed E-state index contributed by atoms with van der Waals surface area (Å²) in [7, 11) is 0. The van der Waals surface area contributed by atoms with Gasteiger partial charge < -0.3 is 15.4 Å². The van der Waals surface area contributed by atoms with Crippen molar-refractivity contribution < 1.29 is 18.3 Å². The second-order valence-electron chi connectivity index (χ2n) is 6.35. The van der Waals surface area contributed by atoms with Gasteiger partial charge in [-0.2, -0.15) is 0 Å². The molecule has 0 aromatic carbocycles. The van der Waals surface area contributed by atoms with Gasteiger partial charge in [-0.25, -0.2) is 13.6 Å². The molecule has 0 aromatic heterocycles. The highest BCUT2D eigenvalue weighted by Gasteiger charge is 2.31. The summed E-state index contributed by atoms with van der Waals surface area (Å²) in [5.41, 5.74) is -0.692. The molecule has 0 aromatic rings. The number of hydrogen-bond donors (Lipinski definition) is 2. The fraction of sp³-hybridized carbons (Fsp3) is 0.929. The zero-order chi connectivity index (χ0) is 16.0.